The Morgan fingerprint density at radius 1 is 1.22 bits per heavy atom. The maximum Gasteiger partial charge on any atom is 0.251 e. The molecule has 1 atom stereocenters. The molecule has 0 aliphatic carbocycles. The molecule has 3 heterocycles. The van der Waals surface area contributed by atoms with Gasteiger partial charge in [0.1, 0.15) is 5.75 Å². The lowest BCUT2D eigenvalue weighted by Crippen LogP contribution is -2.45. The summed E-state index contributed by atoms with van der Waals surface area (Å²) in [4.78, 5) is 21.0. The Morgan fingerprint density at radius 2 is 2.00 bits per heavy atom. The van der Waals surface area contributed by atoms with E-state index < -0.39 is 5.92 Å². The molecule has 5 nitrogen and oxygen atoms in total. The van der Waals surface area contributed by atoms with Crippen LogP contribution in [0.4, 0.5) is 14.5 Å². The Bertz CT molecular complexity index is 848. The number of likely N-dealkylation sites (tertiary alicyclic amines) is 1. The van der Waals surface area contributed by atoms with Crippen LogP contribution in [0.1, 0.15) is 19.3 Å². The molecule has 1 unspecified atom stereocenters. The van der Waals surface area contributed by atoms with Crippen molar-refractivity contribution in [1.29, 1.82) is 0 Å². The number of hydrogen-bond donors (Lipinski definition) is 0. The summed E-state index contributed by atoms with van der Waals surface area (Å²) >= 11 is 0. The Morgan fingerprint density at radius 3 is 2.74 bits per heavy atom. The SMILES string of the molecule is COc1ccc2nccc(N3CCC(C(=O)N4CCC(F)(F)CC4)C3)c2c1. The molecule has 1 aromatic carbocycles. The van der Waals surface area contributed by atoms with Crippen LogP contribution in [-0.2, 0) is 4.79 Å². The number of aromatic nitrogens is 1. The Kier molecular flexibility index (Phi) is 4.61. The topological polar surface area (TPSA) is 45.7 Å². The minimum absolute atomic E-state index is 0.00365. The highest BCUT2D eigenvalue weighted by atomic mass is 19.3. The summed E-state index contributed by atoms with van der Waals surface area (Å²) in [6.07, 6.45) is 2.04. The lowest BCUT2D eigenvalue weighted by atomic mass is 10.0. The van der Waals surface area contributed by atoms with Gasteiger partial charge in [-0.25, -0.2) is 8.78 Å². The van der Waals surface area contributed by atoms with Crippen LogP contribution in [0.5, 0.6) is 5.75 Å². The molecule has 2 fully saturated rings. The second-order valence-electron chi connectivity index (χ2n) is 7.33. The van der Waals surface area contributed by atoms with Crippen molar-refractivity contribution in [2.75, 3.05) is 38.2 Å². The molecule has 0 N–H and O–H groups in total. The number of methoxy groups -OCH3 is 1. The van der Waals surface area contributed by atoms with E-state index in [2.05, 4.69) is 9.88 Å². The molecule has 144 valence electrons. The second-order valence-corrected chi connectivity index (χ2v) is 7.33. The number of piperidine rings is 1. The summed E-state index contributed by atoms with van der Waals surface area (Å²) in [7, 11) is 1.63. The number of hydrogen-bond acceptors (Lipinski definition) is 4. The highest BCUT2D eigenvalue weighted by molar-refractivity contribution is 5.93. The van der Waals surface area contributed by atoms with Gasteiger partial charge in [-0.15, -0.1) is 0 Å². The molecule has 0 radical (unpaired) electrons. The number of halogens is 2. The van der Waals surface area contributed by atoms with Gasteiger partial charge >= 0.3 is 0 Å². The minimum Gasteiger partial charge on any atom is -0.497 e. The van der Waals surface area contributed by atoms with Crippen LogP contribution >= 0.6 is 0 Å². The van der Waals surface area contributed by atoms with Crippen molar-refractivity contribution in [2.45, 2.75) is 25.2 Å². The fourth-order valence-electron chi connectivity index (χ4n) is 4.01. The molecule has 2 aliphatic heterocycles. The van der Waals surface area contributed by atoms with Gasteiger partial charge in [-0.3, -0.25) is 9.78 Å². The van der Waals surface area contributed by atoms with Gasteiger partial charge in [0.15, 0.2) is 0 Å². The summed E-state index contributed by atoms with van der Waals surface area (Å²) in [5, 5.41) is 0.988. The van der Waals surface area contributed by atoms with E-state index in [9.17, 15) is 13.6 Å². The number of benzene rings is 1. The van der Waals surface area contributed by atoms with E-state index in [1.54, 1.807) is 18.2 Å². The predicted octanol–water partition coefficient (Wildman–Crippen LogP) is 3.33. The molecule has 1 amide bonds. The zero-order valence-corrected chi connectivity index (χ0v) is 15.3. The predicted molar refractivity (Wildman–Crippen MR) is 99.4 cm³/mol. The van der Waals surface area contributed by atoms with Crippen molar-refractivity contribution in [1.82, 2.24) is 9.88 Å². The number of carbonyl (C=O) groups is 1. The molecule has 0 bridgehead atoms. The third-order valence-corrected chi connectivity index (χ3v) is 5.61. The molecular weight excluding hydrogens is 352 g/mol. The van der Waals surface area contributed by atoms with E-state index in [0.717, 1.165) is 35.3 Å². The number of ether oxygens (including phenoxy) is 1. The zero-order valence-electron chi connectivity index (χ0n) is 15.3. The van der Waals surface area contributed by atoms with Crippen LogP contribution in [0.3, 0.4) is 0 Å². The molecule has 2 saturated heterocycles. The van der Waals surface area contributed by atoms with Gasteiger partial charge in [0.25, 0.3) is 5.92 Å². The van der Waals surface area contributed by atoms with Gasteiger partial charge in [0.05, 0.1) is 18.5 Å². The molecule has 27 heavy (non-hydrogen) atoms. The van der Waals surface area contributed by atoms with Gasteiger partial charge < -0.3 is 14.5 Å². The maximum atomic E-state index is 13.3. The first-order chi connectivity index (χ1) is 13.0. The van der Waals surface area contributed by atoms with Crippen molar-refractivity contribution in [3.8, 4) is 5.75 Å². The minimum atomic E-state index is -2.63. The fourth-order valence-corrected chi connectivity index (χ4v) is 4.01. The van der Waals surface area contributed by atoms with Crippen molar-refractivity contribution in [3.05, 3.63) is 30.5 Å². The average Bonchev–Trinajstić information content (AvgIpc) is 3.16. The average molecular weight is 375 g/mol. The molecule has 4 rings (SSSR count). The number of alkyl halides is 2. The van der Waals surface area contributed by atoms with Crippen molar-refractivity contribution >= 4 is 22.5 Å². The maximum absolute atomic E-state index is 13.3. The van der Waals surface area contributed by atoms with Crippen molar-refractivity contribution in [3.63, 3.8) is 0 Å². The number of pyridine rings is 1. The van der Waals surface area contributed by atoms with Crippen LogP contribution < -0.4 is 9.64 Å². The first-order valence-electron chi connectivity index (χ1n) is 9.31. The standard InChI is InChI=1S/C20H23F2N3O2/c1-27-15-2-3-17-16(12-15)18(4-8-23-17)25-9-5-14(13-25)19(26)24-10-6-20(21,22)7-11-24/h2-4,8,12,14H,5-7,9-11,13H2,1H3. The number of rotatable bonds is 3. The van der Waals surface area contributed by atoms with Gasteiger partial charge in [0.2, 0.25) is 5.91 Å². The quantitative estimate of drug-likeness (QED) is 0.826. The largest absolute Gasteiger partial charge is 0.497 e. The first kappa shape index (κ1) is 17.9. The van der Waals surface area contributed by atoms with Crippen molar-refractivity contribution < 1.29 is 18.3 Å². The molecule has 2 aliphatic rings. The number of anilines is 1. The molecule has 2 aromatic rings. The monoisotopic (exact) mass is 375 g/mol. The summed E-state index contributed by atoms with van der Waals surface area (Å²) in [5.74, 6) is -2.01. The van der Waals surface area contributed by atoms with Crippen LogP contribution in [-0.4, -0.2) is 55.0 Å². The highest BCUT2D eigenvalue weighted by Crippen LogP contribution is 2.34. The van der Waals surface area contributed by atoms with E-state index >= 15 is 0 Å². The summed E-state index contributed by atoms with van der Waals surface area (Å²) in [5.41, 5.74) is 1.90. The van der Waals surface area contributed by atoms with E-state index in [4.69, 9.17) is 4.74 Å². The van der Waals surface area contributed by atoms with Crippen LogP contribution in [0.15, 0.2) is 30.5 Å². The lowest BCUT2D eigenvalue weighted by Gasteiger charge is -2.33. The number of carbonyl (C=O) groups excluding carboxylic acids is 1. The van der Waals surface area contributed by atoms with Gasteiger partial charge in [0, 0.05) is 56.3 Å². The Labute approximate surface area is 156 Å². The number of amides is 1. The third kappa shape index (κ3) is 3.55. The fraction of sp³-hybridized carbons (Fsp3) is 0.500. The summed E-state index contributed by atoms with van der Waals surface area (Å²) < 4.78 is 32.0. The Balaban J connectivity index is 1.50. The highest BCUT2D eigenvalue weighted by Gasteiger charge is 2.39. The van der Waals surface area contributed by atoms with Crippen LogP contribution in [0, 0.1) is 5.92 Å². The second kappa shape index (κ2) is 6.94. The molecule has 0 spiro atoms. The summed E-state index contributed by atoms with van der Waals surface area (Å²) in [6, 6.07) is 7.71. The van der Waals surface area contributed by atoms with E-state index in [0.29, 0.717) is 6.54 Å². The lowest BCUT2D eigenvalue weighted by molar-refractivity contribution is -0.140. The molecule has 1 aromatic heterocycles. The Hall–Kier alpha value is -2.44. The van der Waals surface area contributed by atoms with Crippen molar-refractivity contribution in [2.24, 2.45) is 5.92 Å². The van der Waals surface area contributed by atoms with Gasteiger partial charge in [-0.1, -0.05) is 0 Å². The molecule has 7 heteroatoms. The molecular formula is C20H23F2N3O2. The number of fused-ring (bicyclic) bond motifs is 1. The third-order valence-electron chi connectivity index (χ3n) is 5.61. The number of nitrogens with zero attached hydrogens (tertiary/aromatic N) is 3. The van der Waals surface area contributed by atoms with E-state index in [1.807, 2.05) is 24.3 Å². The normalized spacial score (nSPS) is 22.3. The van der Waals surface area contributed by atoms with Crippen LogP contribution in [0.2, 0.25) is 0 Å². The first-order valence-corrected chi connectivity index (χ1v) is 9.31. The van der Waals surface area contributed by atoms with E-state index in [1.165, 1.54) is 0 Å². The smallest absolute Gasteiger partial charge is 0.251 e. The zero-order chi connectivity index (χ0) is 19.0. The van der Waals surface area contributed by atoms with E-state index in [-0.39, 0.29) is 37.8 Å². The van der Waals surface area contributed by atoms with Gasteiger partial charge in [-0.05, 0) is 30.7 Å². The summed E-state index contributed by atoms with van der Waals surface area (Å²) in [6.45, 7) is 1.66. The van der Waals surface area contributed by atoms with Gasteiger partial charge in [-0.2, -0.15) is 0 Å². The molecule has 0 saturated carbocycles. The van der Waals surface area contributed by atoms with Crippen LogP contribution in [0.25, 0.3) is 10.9 Å².